The molecule has 0 saturated heterocycles. The number of aromatic nitrogens is 4. The summed E-state index contributed by atoms with van der Waals surface area (Å²) in [5.74, 6) is 2.61. The molecule has 6 aromatic carbocycles. The average Bonchev–Trinajstić information content (AvgIpc) is 3.79. The van der Waals surface area contributed by atoms with Crippen LogP contribution in [-0.4, -0.2) is 26.1 Å². The lowest BCUT2D eigenvalue weighted by Crippen LogP contribution is -2.15. The van der Waals surface area contributed by atoms with Gasteiger partial charge in [0.05, 0.1) is 11.0 Å². The van der Waals surface area contributed by atoms with Crippen molar-refractivity contribution in [3.63, 3.8) is 0 Å². The van der Waals surface area contributed by atoms with Crippen LogP contribution < -0.4 is 4.74 Å². The average molecular weight is 737 g/mol. The number of fused-ring (bicyclic) bond motifs is 10. The maximum atomic E-state index is 6.32. The highest BCUT2D eigenvalue weighted by Gasteiger charge is 2.37. The predicted octanol–water partition coefficient (Wildman–Crippen LogP) is 12.4. The zero-order chi connectivity index (χ0) is 38.6. The van der Waals surface area contributed by atoms with Crippen LogP contribution in [0.3, 0.4) is 0 Å². The summed E-state index contributed by atoms with van der Waals surface area (Å²) in [6, 6.07) is 43.7. The smallest absolute Gasteiger partial charge is 0.238 e. The van der Waals surface area contributed by atoms with Crippen molar-refractivity contribution in [3.8, 4) is 56.7 Å². The number of allylic oxidation sites excluding steroid dienone is 4. The Kier molecular flexibility index (Phi) is 7.09. The molecule has 2 aromatic heterocycles. The highest BCUT2D eigenvalue weighted by molar-refractivity contribution is 6.10. The number of benzene rings is 6. The molecule has 0 bridgehead atoms. The van der Waals surface area contributed by atoms with Crippen molar-refractivity contribution in [2.75, 3.05) is 6.61 Å². The normalized spacial score (nSPS) is 16.7. The fourth-order valence-corrected chi connectivity index (χ4v) is 9.52. The maximum Gasteiger partial charge on any atom is 0.238 e. The molecule has 0 unspecified atom stereocenters. The van der Waals surface area contributed by atoms with Gasteiger partial charge in [0, 0.05) is 38.3 Å². The molecule has 3 heterocycles. The number of para-hydroxylation sites is 1. The van der Waals surface area contributed by atoms with Gasteiger partial charge in [-0.3, -0.25) is 4.57 Å². The van der Waals surface area contributed by atoms with E-state index in [9.17, 15) is 0 Å². The maximum absolute atomic E-state index is 6.32. The van der Waals surface area contributed by atoms with E-state index < -0.39 is 0 Å². The zero-order valence-corrected chi connectivity index (χ0v) is 32.5. The molecule has 57 heavy (non-hydrogen) atoms. The lowest BCUT2D eigenvalue weighted by molar-refractivity contribution is 0.362. The molecule has 0 saturated carbocycles. The SMILES string of the molecule is C=C1/C=C\C=C/COc2cc3c4ccccc4n(-c4nc(-c5ccc6c(c5)C(C)(C)c5ccccc5-6)nc(-c5ccc6c(c5)C(C)(C)c5ccccc5-6)n4)c3cc21. The van der Waals surface area contributed by atoms with Crippen LogP contribution in [0.4, 0.5) is 0 Å². The van der Waals surface area contributed by atoms with E-state index in [0.717, 1.165) is 49.8 Å². The van der Waals surface area contributed by atoms with E-state index in [2.05, 4.69) is 160 Å². The molecule has 5 heteroatoms. The number of ether oxygens (including phenoxy) is 1. The third-order valence-electron chi connectivity index (χ3n) is 12.5. The summed E-state index contributed by atoms with van der Waals surface area (Å²) in [5, 5.41) is 2.15. The third-order valence-corrected chi connectivity index (χ3v) is 12.5. The molecule has 0 radical (unpaired) electrons. The second kappa shape index (κ2) is 12.1. The molecule has 274 valence electrons. The first-order chi connectivity index (χ1) is 27.7. The Labute approximate surface area is 332 Å². The molecule has 11 rings (SSSR count). The molecule has 3 aliphatic rings. The van der Waals surface area contributed by atoms with E-state index in [0.29, 0.717) is 24.2 Å². The van der Waals surface area contributed by atoms with Gasteiger partial charge in [0.1, 0.15) is 12.4 Å². The van der Waals surface area contributed by atoms with Gasteiger partial charge in [0.15, 0.2) is 11.6 Å². The van der Waals surface area contributed by atoms with Gasteiger partial charge < -0.3 is 4.74 Å². The molecule has 0 fully saturated rings. The molecule has 0 amide bonds. The fraction of sp³-hybridized carbons (Fsp3) is 0.135. The topological polar surface area (TPSA) is 52.8 Å². The first-order valence-corrected chi connectivity index (χ1v) is 19.7. The summed E-state index contributed by atoms with van der Waals surface area (Å²) >= 11 is 0. The zero-order valence-electron chi connectivity index (χ0n) is 32.5. The number of hydrogen-bond donors (Lipinski definition) is 0. The first kappa shape index (κ1) is 33.5. The van der Waals surface area contributed by atoms with E-state index in [1.807, 2.05) is 24.3 Å². The number of rotatable bonds is 3. The van der Waals surface area contributed by atoms with Crippen LogP contribution in [0.5, 0.6) is 5.75 Å². The largest absolute Gasteiger partial charge is 0.489 e. The fourth-order valence-electron chi connectivity index (χ4n) is 9.52. The van der Waals surface area contributed by atoms with Crippen molar-refractivity contribution < 1.29 is 4.74 Å². The minimum absolute atomic E-state index is 0.169. The van der Waals surface area contributed by atoms with Crippen molar-refractivity contribution in [1.29, 1.82) is 0 Å². The summed E-state index contributed by atoms with van der Waals surface area (Å²) in [4.78, 5) is 16.1. The summed E-state index contributed by atoms with van der Waals surface area (Å²) in [7, 11) is 0. The third kappa shape index (κ3) is 4.91. The van der Waals surface area contributed by atoms with Crippen molar-refractivity contribution in [2.24, 2.45) is 0 Å². The molecule has 0 atom stereocenters. The van der Waals surface area contributed by atoms with Crippen LogP contribution in [0.25, 0.3) is 78.4 Å². The van der Waals surface area contributed by atoms with Crippen LogP contribution in [0.2, 0.25) is 0 Å². The standard InChI is InChI=1S/C52H40N4O/c1-31-15-7-6-14-26-57-47-30-40-38-18-10-13-21-45(38)56(46(40)29-39(31)47)50-54-48(32-22-24-36-34-16-8-11-19-41(34)51(2,3)43(36)27-32)53-49(55-50)33-23-25-37-35-17-9-12-20-42(35)52(4,5)44(37)28-33/h6-25,27-30H,1,26H2,2-5H3/b14-6-,15-7-. The van der Waals surface area contributed by atoms with E-state index in [-0.39, 0.29) is 10.8 Å². The van der Waals surface area contributed by atoms with Crippen LogP contribution in [0.15, 0.2) is 152 Å². The van der Waals surface area contributed by atoms with Crippen LogP contribution in [0, 0.1) is 0 Å². The van der Waals surface area contributed by atoms with Gasteiger partial charge in [0.2, 0.25) is 5.95 Å². The second-order valence-corrected chi connectivity index (χ2v) is 16.5. The van der Waals surface area contributed by atoms with Crippen LogP contribution >= 0.6 is 0 Å². The summed E-state index contributed by atoms with van der Waals surface area (Å²) in [6.07, 6.45) is 8.05. The van der Waals surface area contributed by atoms with Gasteiger partial charge in [-0.15, -0.1) is 0 Å². The van der Waals surface area contributed by atoms with Gasteiger partial charge in [-0.25, -0.2) is 4.98 Å². The first-order valence-electron chi connectivity index (χ1n) is 19.7. The highest BCUT2D eigenvalue weighted by Crippen LogP contribution is 2.51. The Morgan fingerprint density at radius 3 is 1.77 bits per heavy atom. The van der Waals surface area contributed by atoms with Crippen molar-refractivity contribution in [3.05, 3.63) is 180 Å². The van der Waals surface area contributed by atoms with Gasteiger partial charge in [-0.1, -0.05) is 143 Å². The molecule has 5 nitrogen and oxygen atoms in total. The Bertz CT molecular complexity index is 2980. The van der Waals surface area contributed by atoms with Gasteiger partial charge in [-0.05, 0) is 86.5 Å². The highest BCUT2D eigenvalue weighted by atomic mass is 16.5. The second-order valence-electron chi connectivity index (χ2n) is 16.5. The van der Waals surface area contributed by atoms with Crippen molar-refractivity contribution >= 4 is 27.4 Å². The van der Waals surface area contributed by atoms with E-state index in [1.54, 1.807) is 0 Å². The van der Waals surface area contributed by atoms with E-state index in [4.69, 9.17) is 19.7 Å². The lowest BCUT2D eigenvalue weighted by Gasteiger charge is -2.22. The Morgan fingerprint density at radius 2 is 1.12 bits per heavy atom. The Hall–Kier alpha value is -6.85. The number of hydrogen-bond acceptors (Lipinski definition) is 4. The van der Waals surface area contributed by atoms with E-state index in [1.165, 1.54) is 44.5 Å². The monoisotopic (exact) mass is 736 g/mol. The Morgan fingerprint density at radius 1 is 0.544 bits per heavy atom. The van der Waals surface area contributed by atoms with Gasteiger partial charge in [0.25, 0.3) is 0 Å². The van der Waals surface area contributed by atoms with Gasteiger partial charge in [-0.2, -0.15) is 9.97 Å². The molecular weight excluding hydrogens is 697 g/mol. The summed E-state index contributed by atoms with van der Waals surface area (Å²) in [5.41, 5.74) is 15.7. The Balaban J connectivity index is 1.17. The quantitative estimate of drug-likeness (QED) is 0.181. The minimum atomic E-state index is -0.169. The molecule has 0 spiro atoms. The predicted molar refractivity (Wildman–Crippen MR) is 233 cm³/mol. The van der Waals surface area contributed by atoms with Crippen molar-refractivity contribution in [2.45, 2.75) is 38.5 Å². The minimum Gasteiger partial charge on any atom is -0.489 e. The van der Waals surface area contributed by atoms with Crippen LogP contribution in [-0.2, 0) is 10.8 Å². The molecular formula is C52H40N4O. The lowest BCUT2D eigenvalue weighted by atomic mass is 9.82. The summed E-state index contributed by atoms with van der Waals surface area (Å²) < 4.78 is 8.50. The van der Waals surface area contributed by atoms with Crippen molar-refractivity contribution in [1.82, 2.24) is 19.5 Å². The molecule has 2 aliphatic carbocycles. The molecule has 8 aromatic rings. The van der Waals surface area contributed by atoms with Crippen LogP contribution in [0.1, 0.15) is 55.5 Å². The summed E-state index contributed by atoms with van der Waals surface area (Å²) in [6.45, 7) is 14.1. The number of nitrogens with zero attached hydrogens (tertiary/aromatic N) is 4. The molecule has 1 aliphatic heterocycles. The van der Waals surface area contributed by atoms with E-state index >= 15 is 0 Å². The molecule has 0 N–H and O–H groups in total. The van der Waals surface area contributed by atoms with Gasteiger partial charge >= 0.3 is 0 Å².